The van der Waals surface area contributed by atoms with Gasteiger partial charge in [0.1, 0.15) is 15.7 Å². The van der Waals surface area contributed by atoms with Crippen LogP contribution >= 0.6 is 22.7 Å². The maximum absolute atomic E-state index is 13.7. The lowest BCUT2D eigenvalue weighted by atomic mass is 10.2. The molecule has 0 aliphatic rings. The maximum atomic E-state index is 13.7. The Hall–Kier alpha value is -3.96. The van der Waals surface area contributed by atoms with Crippen molar-refractivity contribution in [1.82, 2.24) is 20.8 Å². The third-order valence-corrected chi connectivity index (χ3v) is 6.58. The van der Waals surface area contributed by atoms with E-state index in [2.05, 4.69) is 26.1 Å². The summed E-state index contributed by atoms with van der Waals surface area (Å²) in [5.41, 5.74) is 6.49. The third-order valence-electron chi connectivity index (χ3n) is 4.57. The SMILES string of the molecule is Cc1nc(-c2ccccc2)sc1C(=O)NNC(=O)Cc1csc(NC(=O)c2ccccc2F)n1. The molecule has 4 aromatic rings. The highest BCUT2D eigenvalue weighted by molar-refractivity contribution is 7.17. The first-order valence-electron chi connectivity index (χ1n) is 10.0. The van der Waals surface area contributed by atoms with Gasteiger partial charge in [0, 0.05) is 10.9 Å². The van der Waals surface area contributed by atoms with Gasteiger partial charge in [-0.25, -0.2) is 14.4 Å². The molecule has 0 bridgehead atoms. The number of halogens is 1. The molecule has 8 nitrogen and oxygen atoms in total. The fourth-order valence-corrected chi connectivity index (χ4v) is 4.63. The molecule has 172 valence electrons. The quantitative estimate of drug-likeness (QED) is 0.351. The summed E-state index contributed by atoms with van der Waals surface area (Å²) >= 11 is 2.34. The topological polar surface area (TPSA) is 113 Å². The normalized spacial score (nSPS) is 10.5. The molecule has 0 aliphatic carbocycles. The van der Waals surface area contributed by atoms with E-state index < -0.39 is 23.5 Å². The van der Waals surface area contributed by atoms with E-state index in [-0.39, 0.29) is 17.1 Å². The van der Waals surface area contributed by atoms with E-state index in [1.54, 1.807) is 18.4 Å². The Labute approximate surface area is 201 Å². The molecule has 4 rings (SSSR count). The molecule has 3 N–H and O–H groups in total. The number of anilines is 1. The van der Waals surface area contributed by atoms with Crippen LogP contribution < -0.4 is 16.2 Å². The lowest BCUT2D eigenvalue weighted by molar-refractivity contribution is -0.121. The van der Waals surface area contributed by atoms with Crippen LogP contribution in [0.3, 0.4) is 0 Å². The fraction of sp³-hybridized carbons (Fsp3) is 0.0870. The van der Waals surface area contributed by atoms with Crippen LogP contribution in [-0.4, -0.2) is 27.7 Å². The lowest BCUT2D eigenvalue weighted by Gasteiger charge is -2.05. The van der Waals surface area contributed by atoms with Crippen molar-refractivity contribution in [1.29, 1.82) is 0 Å². The standard InChI is InChI=1S/C23H18FN5O3S2/c1-13-19(34-22(25-13)14-7-3-2-4-8-14)21(32)29-28-18(30)11-15-12-33-23(26-15)27-20(31)16-9-5-6-10-17(16)24/h2-10,12H,11H2,1H3,(H,28,30)(H,29,32)(H,26,27,31). The number of nitrogens with one attached hydrogen (secondary N) is 3. The lowest BCUT2D eigenvalue weighted by Crippen LogP contribution is -2.42. The maximum Gasteiger partial charge on any atom is 0.281 e. The molecular formula is C23H18FN5O3S2. The number of hydrogen-bond acceptors (Lipinski definition) is 7. The Bertz CT molecular complexity index is 1350. The first-order chi connectivity index (χ1) is 16.4. The number of rotatable bonds is 6. The molecule has 34 heavy (non-hydrogen) atoms. The van der Waals surface area contributed by atoms with Gasteiger partial charge in [-0.05, 0) is 19.1 Å². The Balaban J connectivity index is 1.30. The summed E-state index contributed by atoms with van der Waals surface area (Å²) in [6.45, 7) is 1.73. The molecule has 3 amide bonds. The van der Waals surface area contributed by atoms with Crippen molar-refractivity contribution in [2.75, 3.05) is 5.32 Å². The summed E-state index contributed by atoms with van der Waals surface area (Å²) in [6.07, 6.45) is -0.122. The highest BCUT2D eigenvalue weighted by atomic mass is 32.1. The zero-order chi connectivity index (χ0) is 24.1. The van der Waals surface area contributed by atoms with E-state index in [1.807, 2.05) is 30.3 Å². The molecule has 0 aliphatic heterocycles. The molecule has 0 saturated heterocycles. The van der Waals surface area contributed by atoms with Gasteiger partial charge in [0.25, 0.3) is 11.8 Å². The number of hydrazine groups is 1. The molecule has 0 atom stereocenters. The van der Waals surface area contributed by atoms with Crippen LogP contribution in [0.4, 0.5) is 9.52 Å². The Kier molecular flexibility index (Phi) is 7.04. The molecule has 2 aromatic carbocycles. The van der Waals surface area contributed by atoms with Gasteiger partial charge in [-0.15, -0.1) is 22.7 Å². The third kappa shape index (κ3) is 5.50. The van der Waals surface area contributed by atoms with Crippen LogP contribution in [0.5, 0.6) is 0 Å². The predicted octanol–water partition coefficient (Wildman–Crippen LogP) is 3.97. The average Bonchev–Trinajstić information content (AvgIpc) is 3.44. The molecule has 0 fully saturated rings. The van der Waals surface area contributed by atoms with Crippen LogP contribution in [-0.2, 0) is 11.2 Å². The van der Waals surface area contributed by atoms with Gasteiger partial charge < -0.3 is 0 Å². The number of aromatic nitrogens is 2. The van der Waals surface area contributed by atoms with Crippen molar-refractivity contribution in [3.63, 3.8) is 0 Å². The van der Waals surface area contributed by atoms with Gasteiger partial charge in [-0.2, -0.15) is 0 Å². The van der Waals surface area contributed by atoms with Crippen molar-refractivity contribution in [3.8, 4) is 10.6 Å². The van der Waals surface area contributed by atoms with Crippen molar-refractivity contribution in [2.24, 2.45) is 0 Å². The summed E-state index contributed by atoms with van der Waals surface area (Å²) in [7, 11) is 0. The van der Waals surface area contributed by atoms with Gasteiger partial charge in [0.15, 0.2) is 5.13 Å². The van der Waals surface area contributed by atoms with E-state index in [4.69, 9.17) is 0 Å². The summed E-state index contributed by atoms with van der Waals surface area (Å²) < 4.78 is 13.7. The van der Waals surface area contributed by atoms with Gasteiger partial charge in [0.2, 0.25) is 5.91 Å². The summed E-state index contributed by atoms with van der Waals surface area (Å²) in [6, 6.07) is 15.1. The number of benzene rings is 2. The first kappa shape index (κ1) is 23.2. The molecule has 0 spiro atoms. The van der Waals surface area contributed by atoms with E-state index in [0.29, 0.717) is 21.3 Å². The van der Waals surface area contributed by atoms with Gasteiger partial charge in [-0.3, -0.25) is 30.6 Å². The van der Waals surface area contributed by atoms with Gasteiger partial charge in [-0.1, -0.05) is 42.5 Å². The monoisotopic (exact) mass is 495 g/mol. The number of carbonyl (C=O) groups is 3. The van der Waals surface area contributed by atoms with E-state index in [9.17, 15) is 18.8 Å². The minimum absolute atomic E-state index is 0.103. The van der Waals surface area contributed by atoms with E-state index in [1.165, 1.54) is 29.5 Å². The van der Waals surface area contributed by atoms with Crippen LogP contribution in [0.2, 0.25) is 0 Å². The predicted molar refractivity (Wildman–Crippen MR) is 128 cm³/mol. The highest BCUT2D eigenvalue weighted by Gasteiger charge is 2.18. The average molecular weight is 496 g/mol. The molecule has 0 radical (unpaired) electrons. The molecule has 0 unspecified atom stereocenters. The second-order valence-corrected chi connectivity index (χ2v) is 8.91. The number of carbonyl (C=O) groups excluding carboxylic acids is 3. The minimum Gasteiger partial charge on any atom is -0.298 e. The van der Waals surface area contributed by atoms with Crippen molar-refractivity contribution in [2.45, 2.75) is 13.3 Å². The van der Waals surface area contributed by atoms with Crippen molar-refractivity contribution >= 4 is 45.5 Å². The van der Waals surface area contributed by atoms with Crippen LogP contribution in [0.25, 0.3) is 10.6 Å². The Morgan fingerprint density at radius 2 is 1.68 bits per heavy atom. The van der Waals surface area contributed by atoms with Crippen LogP contribution in [0.1, 0.15) is 31.4 Å². The van der Waals surface area contributed by atoms with E-state index >= 15 is 0 Å². The second kappa shape index (κ2) is 10.3. The summed E-state index contributed by atoms with van der Waals surface area (Å²) in [4.78, 5) is 45.9. The number of amides is 3. The number of hydrogen-bond donors (Lipinski definition) is 3. The highest BCUT2D eigenvalue weighted by Crippen LogP contribution is 2.27. The Morgan fingerprint density at radius 1 is 0.941 bits per heavy atom. The number of thiazole rings is 2. The number of nitrogens with zero attached hydrogens (tertiary/aromatic N) is 2. The van der Waals surface area contributed by atoms with Crippen molar-refractivity contribution < 1.29 is 18.8 Å². The fourth-order valence-electron chi connectivity index (χ4n) is 2.96. The Morgan fingerprint density at radius 3 is 2.44 bits per heavy atom. The molecule has 2 aromatic heterocycles. The van der Waals surface area contributed by atoms with Crippen LogP contribution in [0.15, 0.2) is 60.0 Å². The molecular weight excluding hydrogens is 477 g/mol. The van der Waals surface area contributed by atoms with E-state index in [0.717, 1.165) is 16.9 Å². The zero-order valence-corrected chi connectivity index (χ0v) is 19.4. The van der Waals surface area contributed by atoms with Crippen LogP contribution in [0, 0.1) is 12.7 Å². The minimum atomic E-state index is -0.640. The molecule has 0 saturated carbocycles. The molecule has 11 heteroatoms. The summed E-state index contributed by atoms with van der Waals surface area (Å²) in [5, 5.41) is 5.04. The zero-order valence-electron chi connectivity index (χ0n) is 17.8. The smallest absolute Gasteiger partial charge is 0.281 e. The first-order valence-corrected chi connectivity index (χ1v) is 11.7. The largest absolute Gasteiger partial charge is 0.298 e. The molecule has 2 heterocycles. The summed E-state index contributed by atoms with van der Waals surface area (Å²) in [5.74, 6) is -2.23. The van der Waals surface area contributed by atoms with Gasteiger partial charge in [0.05, 0.1) is 23.4 Å². The van der Waals surface area contributed by atoms with Gasteiger partial charge >= 0.3 is 0 Å². The van der Waals surface area contributed by atoms with Crippen molar-refractivity contribution in [3.05, 3.63) is 87.6 Å². The number of aryl methyl sites for hydroxylation is 1. The second-order valence-electron chi connectivity index (χ2n) is 7.06.